The van der Waals surface area contributed by atoms with E-state index < -0.39 is 5.66 Å². The van der Waals surface area contributed by atoms with E-state index in [4.69, 9.17) is 21.7 Å². The van der Waals surface area contributed by atoms with Gasteiger partial charge in [-0.05, 0) is 38.2 Å². The summed E-state index contributed by atoms with van der Waals surface area (Å²) >= 11 is 5.22. The van der Waals surface area contributed by atoms with Crippen LogP contribution in [0.3, 0.4) is 0 Å². The number of anilines is 1. The molecule has 0 N–H and O–H groups in total. The molecule has 0 bridgehead atoms. The zero-order valence-corrected chi connectivity index (χ0v) is 11.6. The summed E-state index contributed by atoms with van der Waals surface area (Å²) in [7, 11) is 3.22. The fraction of sp³-hybridized carbons (Fsp3) is 0.417. The Bertz CT molecular complexity index is 514. The molecule has 0 spiro atoms. The number of rotatable bonds is 3. The van der Waals surface area contributed by atoms with E-state index in [9.17, 15) is 0 Å². The molecule has 0 fully saturated rings. The van der Waals surface area contributed by atoms with Crippen LogP contribution < -0.4 is 14.4 Å². The summed E-state index contributed by atoms with van der Waals surface area (Å²) in [6.07, 6.45) is 0. The summed E-state index contributed by atoms with van der Waals surface area (Å²) in [6, 6.07) is 5.56. The molecule has 0 aliphatic carbocycles. The monoisotopic (exact) mass is 265 g/mol. The van der Waals surface area contributed by atoms with Crippen molar-refractivity contribution >= 4 is 23.0 Å². The van der Waals surface area contributed by atoms with E-state index in [1.807, 2.05) is 36.9 Å². The number of benzene rings is 1. The van der Waals surface area contributed by atoms with Gasteiger partial charge in [0.25, 0.3) is 0 Å². The molecule has 0 atom stereocenters. The van der Waals surface area contributed by atoms with Gasteiger partial charge >= 0.3 is 0 Å². The second kappa shape index (κ2) is 4.53. The standard InChI is InChI=1S/C12H15N3O2S/c1-12(2)14-13-11(18)15(12)9-6-5-8(16-3)7-10(9)17-4/h5-7H,1-4H3. The molecular weight excluding hydrogens is 250 g/mol. The van der Waals surface area contributed by atoms with E-state index in [2.05, 4.69) is 10.2 Å². The Morgan fingerprint density at radius 3 is 2.44 bits per heavy atom. The van der Waals surface area contributed by atoms with Crippen molar-refractivity contribution in [1.29, 1.82) is 0 Å². The molecule has 0 unspecified atom stereocenters. The first-order valence-corrected chi connectivity index (χ1v) is 5.89. The predicted molar refractivity (Wildman–Crippen MR) is 73.6 cm³/mol. The Kier molecular flexibility index (Phi) is 3.21. The molecule has 6 heteroatoms. The average molecular weight is 265 g/mol. The van der Waals surface area contributed by atoms with Gasteiger partial charge in [0, 0.05) is 6.07 Å². The molecule has 18 heavy (non-hydrogen) atoms. The second-order valence-corrected chi connectivity index (χ2v) is 4.72. The van der Waals surface area contributed by atoms with Crippen LogP contribution in [-0.2, 0) is 0 Å². The molecule has 0 saturated heterocycles. The largest absolute Gasteiger partial charge is 0.497 e. The van der Waals surface area contributed by atoms with Gasteiger partial charge in [0.05, 0.1) is 19.9 Å². The molecule has 1 aliphatic rings. The zero-order valence-electron chi connectivity index (χ0n) is 10.8. The van der Waals surface area contributed by atoms with Crippen LogP contribution in [0.2, 0.25) is 0 Å². The Balaban J connectivity index is 2.48. The van der Waals surface area contributed by atoms with Crippen molar-refractivity contribution in [2.75, 3.05) is 19.1 Å². The van der Waals surface area contributed by atoms with Gasteiger partial charge in [-0.3, -0.25) is 4.90 Å². The van der Waals surface area contributed by atoms with Crippen LogP contribution in [0.1, 0.15) is 13.8 Å². The lowest BCUT2D eigenvalue weighted by molar-refractivity contribution is 0.393. The van der Waals surface area contributed by atoms with Crippen molar-refractivity contribution in [3.05, 3.63) is 18.2 Å². The first-order chi connectivity index (χ1) is 8.49. The molecule has 1 aliphatic heterocycles. The Hall–Kier alpha value is -1.69. The zero-order chi connectivity index (χ0) is 13.3. The van der Waals surface area contributed by atoms with Gasteiger partial charge in [-0.1, -0.05) is 0 Å². The highest BCUT2D eigenvalue weighted by Crippen LogP contribution is 2.39. The van der Waals surface area contributed by atoms with Crippen molar-refractivity contribution in [2.24, 2.45) is 10.2 Å². The number of hydrogen-bond donors (Lipinski definition) is 0. The summed E-state index contributed by atoms with van der Waals surface area (Å²) in [5.41, 5.74) is 0.331. The Morgan fingerprint density at radius 1 is 1.22 bits per heavy atom. The van der Waals surface area contributed by atoms with Gasteiger partial charge in [-0.15, -0.1) is 5.11 Å². The number of methoxy groups -OCH3 is 2. The summed E-state index contributed by atoms with van der Waals surface area (Å²) in [5.74, 6) is 1.41. The maximum Gasteiger partial charge on any atom is 0.222 e. The lowest BCUT2D eigenvalue weighted by atomic mass is 10.1. The summed E-state index contributed by atoms with van der Waals surface area (Å²) < 4.78 is 10.6. The third-order valence-corrected chi connectivity index (χ3v) is 3.01. The lowest BCUT2D eigenvalue weighted by Crippen LogP contribution is -2.40. The molecule has 2 rings (SSSR count). The van der Waals surface area contributed by atoms with Gasteiger partial charge in [-0.25, -0.2) is 0 Å². The van der Waals surface area contributed by atoms with E-state index in [0.717, 1.165) is 11.4 Å². The number of thiocarbonyl (C=S) groups is 1. The van der Waals surface area contributed by atoms with Gasteiger partial charge < -0.3 is 9.47 Å². The highest BCUT2D eigenvalue weighted by Gasteiger charge is 2.36. The highest BCUT2D eigenvalue weighted by molar-refractivity contribution is 7.80. The minimum Gasteiger partial charge on any atom is -0.497 e. The van der Waals surface area contributed by atoms with E-state index in [1.165, 1.54) is 0 Å². The van der Waals surface area contributed by atoms with Crippen molar-refractivity contribution in [2.45, 2.75) is 19.5 Å². The normalized spacial score (nSPS) is 17.1. The molecule has 1 aromatic carbocycles. The molecule has 0 aromatic heterocycles. The highest BCUT2D eigenvalue weighted by atomic mass is 32.1. The molecule has 1 aromatic rings. The predicted octanol–water partition coefficient (Wildman–Crippen LogP) is 3.00. The van der Waals surface area contributed by atoms with Crippen LogP contribution in [0.25, 0.3) is 0 Å². The van der Waals surface area contributed by atoms with Crippen LogP contribution >= 0.6 is 12.2 Å². The third kappa shape index (κ3) is 2.03. The van der Waals surface area contributed by atoms with Crippen LogP contribution in [0.5, 0.6) is 11.5 Å². The number of hydrogen-bond acceptors (Lipinski definition) is 4. The molecule has 5 nitrogen and oxygen atoms in total. The van der Waals surface area contributed by atoms with Crippen LogP contribution in [0, 0.1) is 0 Å². The van der Waals surface area contributed by atoms with Crippen molar-refractivity contribution < 1.29 is 9.47 Å². The SMILES string of the molecule is COc1ccc(N2C(=S)N=NC2(C)C)c(OC)c1. The van der Waals surface area contributed by atoms with Gasteiger partial charge in [0.15, 0.2) is 5.66 Å². The maximum absolute atomic E-state index is 5.38. The molecule has 0 saturated carbocycles. The fourth-order valence-corrected chi connectivity index (χ4v) is 2.22. The Labute approximate surface area is 111 Å². The van der Waals surface area contributed by atoms with Gasteiger partial charge in [-0.2, -0.15) is 5.11 Å². The quantitative estimate of drug-likeness (QED) is 0.788. The van der Waals surface area contributed by atoms with Crippen molar-refractivity contribution in [3.63, 3.8) is 0 Å². The first-order valence-electron chi connectivity index (χ1n) is 5.48. The minimum atomic E-state index is -0.501. The second-order valence-electron chi connectivity index (χ2n) is 4.35. The van der Waals surface area contributed by atoms with Crippen molar-refractivity contribution in [3.8, 4) is 11.5 Å². The number of azo groups is 1. The fourth-order valence-electron chi connectivity index (χ4n) is 1.86. The van der Waals surface area contributed by atoms with Crippen LogP contribution in [-0.4, -0.2) is 25.0 Å². The first kappa shape index (κ1) is 12.8. The van der Waals surface area contributed by atoms with Crippen molar-refractivity contribution in [1.82, 2.24) is 0 Å². The Morgan fingerprint density at radius 2 is 1.94 bits per heavy atom. The average Bonchev–Trinajstić information content (AvgIpc) is 2.63. The van der Waals surface area contributed by atoms with Crippen LogP contribution in [0.15, 0.2) is 28.4 Å². The molecule has 96 valence electrons. The summed E-state index contributed by atoms with van der Waals surface area (Å²) in [6.45, 7) is 3.89. The number of ether oxygens (including phenoxy) is 2. The molecule has 0 amide bonds. The van der Waals surface area contributed by atoms with E-state index in [1.54, 1.807) is 14.2 Å². The van der Waals surface area contributed by atoms with E-state index in [-0.39, 0.29) is 0 Å². The molecule has 0 radical (unpaired) electrons. The van der Waals surface area contributed by atoms with E-state index in [0.29, 0.717) is 10.9 Å². The third-order valence-electron chi connectivity index (χ3n) is 2.75. The van der Waals surface area contributed by atoms with Crippen LogP contribution in [0.4, 0.5) is 5.69 Å². The smallest absolute Gasteiger partial charge is 0.222 e. The molecule has 1 heterocycles. The number of nitrogens with zero attached hydrogens (tertiary/aromatic N) is 3. The topological polar surface area (TPSA) is 46.4 Å². The maximum atomic E-state index is 5.38. The van der Waals surface area contributed by atoms with E-state index >= 15 is 0 Å². The lowest BCUT2D eigenvalue weighted by Gasteiger charge is -2.30. The summed E-state index contributed by atoms with van der Waals surface area (Å²) in [4.78, 5) is 1.86. The summed E-state index contributed by atoms with van der Waals surface area (Å²) in [5, 5.41) is 8.54. The minimum absolute atomic E-state index is 0.434. The van der Waals surface area contributed by atoms with Gasteiger partial charge in [0.1, 0.15) is 11.5 Å². The van der Waals surface area contributed by atoms with Gasteiger partial charge in [0.2, 0.25) is 5.11 Å². The molecular formula is C12H15N3O2S.